The number of rotatable bonds is 2. The van der Waals surface area contributed by atoms with Gasteiger partial charge in [0.2, 0.25) is 0 Å². The van der Waals surface area contributed by atoms with Crippen molar-refractivity contribution in [1.82, 2.24) is 9.55 Å². The van der Waals surface area contributed by atoms with Crippen LogP contribution in [-0.2, 0) is 16.0 Å². The lowest BCUT2D eigenvalue weighted by atomic mass is 10.1. The van der Waals surface area contributed by atoms with E-state index in [1.165, 1.54) is 7.11 Å². The van der Waals surface area contributed by atoms with Crippen LogP contribution in [0.5, 0.6) is 0 Å². The number of aromatic nitrogens is 2. The molecule has 3 rings (SSSR count). The number of ether oxygens (including phenoxy) is 1. The van der Waals surface area contributed by atoms with Gasteiger partial charge in [-0.05, 0) is 18.9 Å². The van der Waals surface area contributed by atoms with Gasteiger partial charge in [-0.2, -0.15) is 0 Å². The fraction of sp³-hybridized carbons (Fsp3) is 0.333. The molecular formula is C15H15ClN2O2. The summed E-state index contributed by atoms with van der Waals surface area (Å²) in [6.07, 6.45) is 4.51. The number of fused-ring (bicyclic) bond motifs is 1. The summed E-state index contributed by atoms with van der Waals surface area (Å²) < 4.78 is 6.80. The Morgan fingerprint density at radius 3 is 3.00 bits per heavy atom. The molecule has 104 valence electrons. The molecule has 1 aliphatic heterocycles. The molecule has 0 spiro atoms. The van der Waals surface area contributed by atoms with Crippen molar-refractivity contribution in [3.8, 4) is 11.3 Å². The highest BCUT2D eigenvalue weighted by atomic mass is 35.5. The third kappa shape index (κ3) is 2.20. The lowest BCUT2D eigenvalue weighted by Gasteiger charge is -2.22. The van der Waals surface area contributed by atoms with Crippen LogP contribution in [-0.4, -0.2) is 22.6 Å². The monoisotopic (exact) mass is 290 g/mol. The van der Waals surface area contributed by atoms with Crippen LogP contribution in [0.3, 0.4) is 0 Å². The van der Waals surface area contributed by atoms with Gasteiger partial charge in [0.15, 0.2) is 0 Å². The second-order valence-electron chi connectivity index (χ2n) is 4.86. The van der Waals surface area contributed by atoms with E-state index in [1.54, 1.807) is 0 Å². The van der Waals surface area contributed by atoms with E-state index >= 15 is 0 Å². The van der Waals surface area contributed by atoms with E-state index in [-0.39, 0.29) is 12.0 Å². The summed E-state index contributed by atoms with van der Waals surface area (Å²) >= 11 is 6.21. The molecule has 0 saturated carbocycles. The summed E-state index contributed by atoms with van der Waals surface area (Å²) in [5, 5.41) is 0.664. The van der Waals surface area contributed by atoms with Crippen LogP contribution in [0.2, 0.25) is 5.02 Å². The highest BCUT2D eigenvalue weighted by Gasteiger charge is 2.28. The summed E-state index contributed by atoms with van der Waals surface area (Å²) in [5.74, 6) is 0.704. The summed E-state index contributed by atoms with van der Waals surface area (Å²) in [4.78, 5) is 16.5. The summed E-state index contributed by atoms with van der Waals surface area (Å²) in [7, 11) is 1.42. The molecule has 0 fully saturated rings. The molecule has 1 aliphatic rings. The van der Waals surface area contributed by atoms with Gasteiger partial charge in [-0.1, -0.05) is 29.8 Å². The highest BCUT2D eigenvalue weighted by Crippen LogP contribution is 2.32. The first kappa shape index (κ1) is 13.2. The molecule has 2 heterocycles. The SMILES string of the molecule is COC(=O)C1CCCc2nc(-c3ccccc3Cl)cn21. The van der Waals surface area contributed by atoms with Crippen molar-refractivity contribution in [3.63, 3.8) is 0 Å². The van der Waals surface area contributed by atoms with Gasteiger partial charge in [0.25, 0.3) is 0 Å². The molecular weight excluding hydrogens is 276 g/mol. The van der Waals surface area contributed by atoms with Crippen LogP contribution < -0.4 is 0 Å². The molecule has 0 saturated heterocycles. The number of benzene rings is 1. The molecule has 1 aromatic carbocycles. The van der Waals surface area contributed by atoms with Gasteiger partial charge in [-0.25, -0.2) is 9.78 Å². The molecule has 0 amide bonds. The number of carbonyl (C=O) groups is 1. The summed E-state index contributed by atoms with van der Waals surface area (Å²) in [5.41, 5.74) is 1.70. The van der Waals surface area contributed by atoms with Crippen molar-refractivity contribution in [3.05, 3.63) is 41.3 Å². The average Bonchev–Trinajstić information content (AvgIpc) is 2.90. The molecule has 1 unspecified atom stereocenters. The minimum absolute atomic E-state index is 0.214. The molecule has 20 heavy (non-hydrogen) atoms. The van der Waals surface area contributed by atoms with Crippen LogP contribution in [0.4, 0.5) is 0 Å². The Morgan fingerprint density at radius 1 is 1.45 bits per heavy atom. The number of aryl methyl sites for hydroxylation is 1. The number of halogens is 1. The zero-order valence-electron chi connectivity index (χ0n) is 11.2. The Balaban J connectivity index is 2.04. The normalized spacial score (nSPS) is 17.6. The van der Waals surface area contributed by atoms with Crippen molar-refractivity contribution in [2.24, 2.45) is 0 Å². The summed E-state index contributed by atoms with van der Waals surface area (Å²) in [6, 6.07) is 7.32. The fourth-order valence-electron chi connectivity index (χ4n) is 2.65. The van der Waals surface area contributed by atoms with Crippen LogP contribution in [0.1, 0.15) is 24.7 Å². The van der Waals surface area contributed by atoms with Crippen LogP contribution in [0, 0.1) is 0 Å². The molecule has 4 nitrogen and oxygen atoms in total. The topological polar surface area (TPSA) is 44.1 Å². The maximum atomic E-state index is 11.8. The quantitative estimate of drug-likeness (QED) is 0.798. The number of carbonyl (C=O) groups excluding carboxylic acids is 1. The first-order valence-corrected chi connectivity index (χ1v) is 6.99. The van der Waals surface area contributed by atoms with Gasteiger partial charge < -0.3 is 9.30 Å². The second kappa shape index (κ2) is 5.29. The predicted octanol–water partition coefficient (Wildman–Crippen LogP) is 3.25. The standard InChI is InChI=1S/C15H15ClN2O2/c1-20-15(19)13-7-4-8-14-17-12(9-18(13)14)10-5-2-3-6-11(10)16/h2-3,5-6,9,13H,4,7-8H2,1H3. The smallest absolute Gasteiger partial charge is 0.328 e. The van der Waals surface area contributed by atoms with Crippen molar-refractivity contribution in [1.29, 1.82) is 0 Å². The van der Waals surface area contributed by atoms with Gasteiger partial charge in [0.05, 0.1) is 17.8 Å². The number of nitrogens with zero attached hydrogens (tertiary/aromatic N) is 2. The van der Waals surface area contributed by atoms with E-state index in [0.717, 1.165) is 36.3 Å². The maximum Gasteiger partial charge on any atom is 0.328 e. The van der Waals surface area contributed by atoms with E-state index < -0.39 is 0 Å². The fourth-order valence-corrected chi connectivity index (χ4v) is 2.88. The molecule has 5 heteroatoms. The Morgan fingerprint density at radius 2 is 2.25 bits per heavy atom. The van der Waals surface area contributed by atoms with Crippen LogP contribution in [0.25, 0.3) is 11.3 Å². The highest BCUT2D eigenvalue weighted by molar-refractivity contribution is 6.33. The Labute approximate surface area is 122 Å². The first-order valence-electron chi connectivity index (χ1n) is 6.61. The molecule has 0 N–H and O–H groups in total. The van der Waals surface area contributed by atoms with Crippen molar-refractivity contribution in [2.45, 2.75) is 25.3 Å². The third-order valence-corrected chi connectivity index (χ3v) is 3.98. The van der Waals surface area contributed by atoms with Crippen LogP contribution >= 0.6 is 11.6 Å². The molecule has 1 atom stereocenters. The van der Waals surface area contributed by atoms with E-state index in [1.807, 2.05) is 35.0 Å². The van der Waals surface area contributed by atoms with Gasteiger partial charge in [0, 0.05) is 18.2 Å². The second-order valence-corrected chi connectivity index (χ2v) is 5.27. The first-order chi connectivity index (χ1) is 9.70. The predicted molar refractivity (Wildman–Crippen MR) is 76.7 cm³/mol. The number of imidazole rings is 1. The van der Waals surface area contributed by atoms with E-state index in [9.17, 15) is 4.79 Å². The van der Waals surface area contributed by atoms with Crippen molar-refractivity contribution < 1.29 is 9.53 Å². The lowest BCUT2D eigenvalue weighted by Crippen LogP contribution is -2.25. The molecule has 0 aliphatic carbocycles. The van der Waals surface area contributed by atoms with E-state index in [2.05, 4.69) is 4.98 Å². The van der Waals surface area contributed by atoms with Gasteiger partial charge in [-0.3, -0.25) is 0 Å². The Kier molecular flexibility index (Phi) is 3.49. The molecule has 1 aromatic heterocycles. The molecule has 0 bridgehead atoms. The van der Waals surface area contributed by atoms with Gasteiger partial charge >= 0.3 is 5.97 Å². The Bertz CT molecular complexity index is 651. The maximum absolute atomic E-state index is 11.8. The lowest BCUT2D eigenvalue weighted by molar-refractivity contribution is -0.145. The number of methoxy groups -OCH3 is 1. The van der Waals surface area contributed by atoms with Crippen molar-refractivity contribution in [2.75, 3.05) is 7.11 Å². The number of esters is 1. The van der Waals surface area contributed by atoms with Crippen molar-refractivity contribution >= 4 is 17.6 Å². The summed E-state index contributed by atoms with van der Waals surface area (Å²) in [6.45, 7) is 0. The largest absolute Gasteiger partial charge is 0.467 e. The zero-order chi connectivity index (χ0) is 14.1. The molecule has 0 radical (unpaired) electrons. The zero-order valence-corrected chi connectivity index (χ0v) is 11.9. The minimum atomic E-state index is -0.271. The van der Waals surface area contributed by atoms with Gasteiger partial charge in [0.1, 0.15) is 11.9 Å². The van der Waals surface area contributed by atoms with Crippen LogP contribution in [0.15, 0.2) is 30.5 Å². The van der Waals surface area contributed by atoms with Gasteiger partial charge in [-0.15, -0.1) is 0 Å². The molecule has 2 aromatic rings. The number of hydrogen-bond donors (Lipinski definition) is 0. The average molecular weight is 291 g/mol. The Hall–Kier alpha value is -1.81. The third-order valence-electron chi connectivity index (χ3n) is 3.65. The van der Waals surface area contributed by atoms with E-state index in [0.29, 0.717) is 5.02 Å². The van der Waals surface area contributed by atoms with E-state index in [4.69, 9.17) is 16.3 Å². The number of hydrogen-bond acceptors (Lipinski definition) is 3. The minimum Gasteiger partial charge on any atom is -0.467 e.